The van der Waals surface area contributed by atoms with Crippen LogP contribution >= 0.6 is 0 Å². The summed E-state index contributed by atoms with van der Waals surface area (Å²) in [7, 11) is 4.95. The lowest BCUT2D eigenvalue weighted by Gasteiger charge is -2.29. The molecule has 3 rings (SSSR count). The van der Waals surface area contributed by atoms with Crippen molar-refractivity contribution in [1.82, 2.24) is 9.96 Å². The largest absolute Gasteiger partial charge is 0.490 e. The number of carbonyl (C=O) groups excluding carboxylic acids is 1. The van der Waals surface area contributed by atoms with Gasteiger partial charge in [-0.3, -0.25) is 19.7 Å². The second kappa shape index (κ2) is 9.55. The van der Waals surface area contributed by atoms with Gasteiger partial charge in [0.25, 0.3) is 11.6 Å². The number of nitrogens with one attached hydrogen (secondary N) is 1. The normalized spacial score (nSPS) is 14.9. The fraction of sp³-hybridized carbons (Fsp3) is 0.381. The minimum atomic E-state index is -0.492. The van der Waals surface area contributed by atoms with E-state index in [1.807, 2.05) is 12.1 Å². The van der Waals surface area contributed by atoms with Crippen LogP contribution in [0.15, 0.2) is 42.5 Å². The highest BCUT2D eigenvalue weighted by atomic mass is 16.7. The Labute approximate surface area is 175 Å². The zero-order valence-electron chi connectivity index (χ0n) is 17.3. The highest BCUT2D eigenvalue weighted by Crippen LogP contribution is 2.30. The van der Waals surface area contributed by atoms with Crippen molar-refractivity contribution in [2.24, 2.45) is 0 Å². The summed E-state index contributed by atoms with van der Waals surface area (Å²) in [5.74, 6) is 0.354. The lowest BCUT2D eigenvalue weighted by molar-refractivity contribution is -0.383. The van der Waals surface area contributed by atoms with E-state index in [1.54, 1.807) is 12.1 Å². The fourth-order valence-corrected chi connectivity index (χ4v) is 3.26. The summed E-state index contributed by atoms with van der Waals surface area (Å²) < 4.78 is 6.03. The average Bonchev–Trinajstić information content (AvgIpc) is 2.75. The zero-order chi connectivity index (χ0) is 21.7. The van der Waals surface area contributed by atoms with Gasteiger partial charge in [-0.25, -0.2) is 5.06 Å². The monoisotopic (exact) mass is 414 g/mol. The Hall–Kier alpha value is -3.17. The van der Waals surface area contributed by atoms with Crippen LogP contribution in [0.1, 0.15) is 23.2 Å². The number of benzene rings is 2. The average molecular weight is 414 g/mol. The van der Waals surface area contributed by atoms with Gasteiger partial charge >= 0.3 is 0 Å². The molecule has 2 aromatic rings. The number of hydroxylamine groups is 2. The molecule has 1 saturated heterocycles. The maximum atomic E-state index is 12.3. The van der Waals surface area contributed by atoms with Crippen molar-refractivity contribution >= 4 is 23.0 Å². The lowest BCUT2D eigenvalue weighted by Crippen LogP contribution is -2.35. The molecule has 1 N–H and O–H groups in total. The number of nitro groups is 1. The number of hydrogen-bond donors (Lipinski definition) is 1. The molecule has 30 heavy (non-hydrogen) atoms. The van der Waals surface area contributed by atoms with Gasteiger partial charge in [0, 0.05) is 37.5 Å². The van der Waals surface area contributed by atoms with Gasteiger partial charge in [0.2, 0.25) is 0 Å². The molecule has 0 spiro atoms. The summed E-state index contributed by atoms with van der Waals surface area (Å²) in [5.41, 5.74) is 1.02. The smallest absolute Gasteiger partial charge is 0.292 e. The van der Waals surface area contributed by atoms with Gasteiger partial charge in [-0.05, 0) is 56.3 Å². The molecule has 0 atom stereocenters. The Kier molecular flexibility index (Phi) is 6.86. The van der Waals surface area contributed by atoms with E-state index in [9.17, 15) is 14.9 Å². The second-order valence-electron chi connectivity index (χ2n) is 7.24. The van der Waals surface area contributed by atoms with Gasteiger partial charge in [-0.1, -0.05) is 0 Å². The summed E-state index contributed by atoms with van der Waals surface area (Å²) in [4.78, 5) is 30.4. The molecule has 0 bridgehead atoms. The Bertz CT molecular complexity index is 895. The minimum absolute atomic E-state index is 0.127. The molecule has 0 saturated carbocycles. The molecule has 0 aromatic heterocycles. The number of rotatable bonds is 7. The molecule has 1 fully saturated rings. The summed E-state index contributed by atoms with van der Waals surface area (Å²) in [6.45, 7) is 2.03. The molecular formula is C21H26N4O5. The molecule has 1 aliphatic rings. The molecule has 1 aliphatic heterocycles. The highest BCUT2D eigenvalue weighted by Gasteiger charge is 2.20. The van der Waals surface area contributed by atoms with E-state index in [0.717, 1.165) is 36.7 Å². The zero-order valence-corrected chi connectivity index (χ0v) is 17.3. The standard InChI is InChI=1S/C21H26N4O5/c1-23-12-10-18(11-13-23)30-17-7-5-16(6-8-17)22-19-14-15(21(26)24(2)29-3)4-9-20(19)25(27)28/h4-9,14,18,22H,10-13H2,1-3H3. The van der Waals surface area contributed by atoms with E-state index in [4.69, 9.17) is 9.57 Å². The first-order valence-electron chi connectivity index (χ1n) is 9.70. The number of nitro benzene ring substituents is 1. The van der Waals surface area contributed by atoms with Crippen LogP contribution in [0.2, 0.25) is 0 Å². The van der Waals surface area contributed by atoms with Crippen molar-refractivity contribution in [3.8, 4) is 5.75 Å². The molecule has 0 aliphatic carbocycles. The van der Waals surface area contributed by atoms with Gasteiger partial charge in [0.05, 0.1) is 12.0 Å². The third-order valence-corrected chi connectivity index (χ3v) is 5.10. The first-order valence-corrected chi connectivity index (χ1v) is 9.70. The van der Waals surface area contributed by atoms with Crippen LogP contribution in [0.3, 0.4) is 0 Å². The third kappa shape index (κ3) is 5.25. The van der Waals surface area contributed by atoms with Gasteiger partial charge in [-0.15, -0.1) is 0 Å². The van der Waals surface area contributed by atoms with Gasteiger partial charge in [0.15, 0.2) is 0 Å². The summed E-state index contributed by atoms with van der Waals surface area (Å²) in [6.07, 6.45) is 2.17. The second-order valence-corrected chi connectivity index (χ2v) is 7.24. The van der Waals surface area contributed by atoms with Gasteiger partial charge in [-0.2, -0.15) is 0 Å². The predicted octanol–water partition coefficient (Wildman–Crippen LogP) is 3.44. The number of amides is 1. The molecule has 2 aromatic carbocycles. The lowest BCUT2D eigenvalue weighted by atomic mass is 10.1. The van der Waals surface area contributed by atoms with Gasteiger partial charge in [0.1, 0.15) is 17.5 Å². The Morgan fingerprint density at radius 3 is 2.47 bits per heavy atom. The number of piperidine rings is 1. The molecule has 9 nitrogen and oxygen atoms in total. The predicted molar refractivity (Wildman–Crippen MR) is 113 cm³/mol. The maximum absolute atomic E-state index is 12.3. The quantitative estimate of drug-likeness (QED) is 0.547. The van der Waals surface area contributed by atoms with Crippen molar-refractivity contribution in [2.75, 3.05) is 39.6 Å². The number of likely N-dealkylation sites (tertiary alicyclic amines) is 1. The molecule has 160 valence electrons. The number of anilines is 2. The Morgan fingerprint density at radius 1 is 1.20 bits per heavy atom. The van der Waals surface area contributed by atoms with E-state index in [0.29, 0.717) is 5.69 Å². The summed E-state index contributed by atoms with van der Waals surface area (Å²) in [6, 6.07) is 11.4. The van der Waals surface area contributed by atoms with Gasteiger partial charge < -0.3 is 15.0 Å². The third-order valence-electron chi connectivity index (χ3n) is 5.10. The molecular weight excluding hydrogens is 388 g/mol. The van der Waals surface area contributed by atoms with Crippen LogP contribution in [0, 0.1) is 10.1 Å². The first-order chi connectivity index (χ1) is 14.4. The van der Waals surface area contributed by atoms with E-state index in [-0.39, 0.29) is 23.0 Å². The Morgan fingerprint density at radius 2 is 1.87 bits per heavy atom. The molecule has 1 amide bonds. The van der Waals surface area contributed by atoms with Crippen LogP contribution in [0.4, 0.5) is 17.1 Å². The molecule has 9 heteroatoms. The first kappa shape index (κ1) is 21.5. The van der Waals surface area contributed by atoms with Crippen LogP contribution in [-0.4, -0.2) is 61.2 Å². The van der Waals surface area contributed by atoms with Crippen molar-refractivity contribution < 1.29 is 19.3 Å². The minimum Gasteiger partial charge on any atom is -0.490 e. The highest BCUT2D eigenvalue weighted by molar-refractivity contribution is 5.95. The topological polar surface area (TPSA) is 97.2 Å². The summed E-state index contributed by atoms with van der Waals surface area (Å²) >= 11 is 0. The van der Waals surface area contributed by atoms with Crippen molar-refractivity contribution in [3.63, 3.8) is 0 Å². The molecule has 1 heterocycles. The van der Waals surface area contributed by atoms with Crippen molar-refractivity contribution in [2.45, 2.75) is 18.9 Å². The van der Waals surface area contributed by atoms with Crippen LogP contribution in [0.25, 0.3) is 0 Å². The number of ether oxygens (including phenoxy) is 1. The number of nitrogens with zero attached hydrogens (tertiary/aromatic N) is 3. The Balaban J connectivity index is 1.74. The van der Waals surface area contributed by atoms with Crippen molar-refractivity contribution in [3.05, 3.63) is 58.1 Å². The fourth-order valence-electron chi connectivity index (χ4n) is 3.26. The molecule has 0 radical (unpaired) electrons. The SMILES string of the molecule is CON(C)C(=O)c1ccc([N+](=O)[O-])c(Nc2ccc(OC3CCN(C)CC3)cc2)c1. The molecule has 0 unspecified atom stereocenters. The van der Waals surface area contributed by atoms with Crippen LogP contribution < -0.4 is 10.1 Å². The van der Waals surface area contributed by atoms with Crippen LogP contribution in [0.5, 0.6) is 5.75 Å². The van der Waals surface area contributed by atoms with E-state index >= 15 is 0 Å². The maximum Gasteiger partial charge on any atom is 0.292 e. The van der Waals surface area contributed by atoms with E-state index in [2.05, 4.69) is 17.3 Å². The van der Waals surface area contributed by atoms with E-state index < -0.39 is 10.8 Å². The number of hydrogen-bond acceptors (Lipinski definition) is 7. The number of carbonyl (C=O) groups is 1. The summed E-state index contributed by atoms with van der Waals surface area (Å²) in [5, 5.41) is 15.5. The van der Waals surface area contributed by atoms with Crippen molar-refractivity contribution in [1.29, 1.82) is 0 Å². The van der Waals surface area contributed by atoms with Crippen LogP contribution in [-0.2, 0) is 4.84 Å². The van der Waals surface area contributed by atoms with E-state index in [1.165, 1.54) is 32.4 Å².